The van der Waals surface area contributed by atoms with Gasteiger partial charge in [0.05, 0.1) is 19.3 Å². The Morgan fingerprint density at radius 1 is 1.11 bits per heavy atom. The maximum atomic E-state index is 9.07. The molecule has 2 unspecified atom stereocenters. The Morgan fingerprint density at radius 3 is 2.39 bits per heavy atom. The van der Waals surface area contributed by atoms with E-state index < -0.39 is 6.10 Å². The highest BCUT2D eigenvalue weighted by Gasteiger charge is 2.09. The molecular formula is C14H29O4. The van der Waals surface area contributed by atoms with E-state index in [4.69, 9.17) is 19.7 Å². The lowest BCUT2D eigenvalue weighted by Crippen LogP contribution is -2.22. The van der Waals surface area contributed by atoms with Gasteiger partial charge >= 0.3 is 0 Å². The van der Waals surface area contributed by atoms with Crippen LogP contribution in [0.1, 0.15) is 52.4 Å². The van der Waals surface area contributed by atoms with Crippen molar-refractivity contribution in [2.24, 2.45) is 0 Å². The van der Waals surface area contributed by atoms with E-state index in [9.17, 15) is 0 Å². The second-order valence-corrected chi connectivity index (χ2v) is 4.68. The van der Waals surface area contributed by atoms with E-state index in [1.807, 2.05) is 0 Å². The van der Waals surface area contributed by atoms with Crippen molar-refractivity contribution in [3.63, 3.8) is 0 Å². The van der Waals surface area contributed by atoms with Crippen molar-refractivity contribution >= 4 is 0 Å². The van der Waals surface area contributed by atoms with Crippen LogP contribution < -0.4 is 0 Å². The average Bonchev–Trinajstić information content (AvgIpc) is 2.35. The Hall–Kier alpha value is -0.160. The summed E-state index contributed by atoms with van der Waals surface area (Å²) in [5, 5.41) is 18.1. The first-order valence-corrected chi connectivity index (χ1v) is 7.06. The van der Waals surface area contributed by atoms with Crippen LogP contribution in [-0.2, 0) is 9.47 Å². The number of aliphatic hydroxyl groups is 2. The summed E-state index contributed by atoms with van der Waals surface area (Å²) >= 11 is 0. The van der Waals surface area contributed by atoms with E-state index in [0.717, 1.165) is 6.42 Å². The van der Waals surface area contributed by atoms with E-state index in [-0.39, 0.29) is 19.3 Å². The quantitative estimate of drug-likeness (QED) is 0.499. The minimum Gasteiger partial charge on any atom is -0.394 e. The molecule has 0 aliphatic heterocycles. The highest BCUT2D eigenvalue weighted by Crippen LogP contribution is 2.06. The van der Waals surface area contributed by atoms with Crippen LogP contribution in [0.4, 0.5) is 0 Å². The van der Waals surface area contributed by atoms with Crippen LogP contribution in [-0.4, -0.2) is 42.2 Å². The van der Waals surface area contributed by atoms with Gasteiger partial charge in [0.2, 0.25) is 0 Å². The minimum atomic E-state index is -0.501. The number of ether oxygens (including phenoxy) is 2. The third-order valence-corrected chi connectivity index (χ3v) is 2.60. The highest BCUT2D eigenvalue weighted by atomic mass is 16.5. The molecule has 0 rings (SSSR count). The molecular weight excluding hydrogens is 232 g/mol. The molecule has 2 N–H and O–H groups in total. The molecule has 0 saturated heterocycles. The summed E-state index contributed by atoms with van der Waals surface area (Å²) in [6, 6.07) is 0. The van der Waals surface area contributed by atoms with Gasteiger partial charge in [-0.15, -0.1) is 0 Å². The number of aliphatic hydroxyl groups excluding tert-OH is 2. The molecule has 109 valence electrons. The van der Waals surface area contributed by atoms with Gasteiger partial charge in [-0.05, 0) is 13.3 Å². The number of unbranched alkanes of at least 4 members (excludes halogenated alkanes) is 5. The van der Waals surface area contributed by atoms with Gasteiger partial charge < -0.3 is 19.7 Å². The second kappa shape index (κ2) is 13.3. The minimum absolute atomic E-state index is 0.0877. The van der Waals surface area contributed by atoms with Gasteiger partial charge in [0.15, 0.2) is 0 Å². The molecule has 0 saturated carbocycles. The number of rotatable bonds is 13. The van der Waals surface area contributed by atoms with Crippen LogP contribution in [0.25, 0.3) is 0 Å². The molecule has 0 aromatic heterocycles. The Labute approximate surface area is 111 Å². The first kappa shape index (κ1) is 17.8. The summed E-state index contributed by atoms with van der Waals surface area (Å²) in [5.74, 6) is 0. The van der Waals surface area contributed by atoms with Crippen molar-refractivity contribution in [1.82, 2.24) is 0 Å². The SMILES string of the molecule is CCCCCCCCOC([CH]OCC(C)O)CO. The van der Waals surface area contributed by atoms with Crippen LogP contribution in [0.2, 0.25) is 0 Å². The fourth-order valence-corrected chi connectivity index (χ4v) is 1.55. The smallest absolute Gasteiger partial charge is 0.115 e. The van der Waals surface area contributed by atoms with Gasteiger partial charge in [-0.1, -0.05) is 39.0 Å². The van der Waals surface area contributed by atoms with Crippen molar-refractivity contribution in [3.8, 4) is 0 Å². The zero-order valence-corrected chi connectivity index (χ0v) is 11.8. The lowest BCUT2D eigenvalue weighted by atomic mass is 10.1. The van der Waals surface area contributed by atoms with Crippen molar-refractivity contribution < 1.29 is 19.7 Å². The van der Waals surface area contributed by atoms with Gasteiger partial charge in [-0.2, -0.15) is 0 Å². The molecule has 18 heavy (non-hydrogen) atoms. The molecule has 4 nitrogen and oxygen atoms in total. The summed E-state index contributed by atoms with van der Waals surface area (Å²) in [6.45, 7) is 6.11. The molecule has 0 bridgehead atoms. The van der Waals surface area contributed by atoms with Crippen molar-refractivity contribution in [2.75, 3.05) is 19.8 Å². The lowest BCUT2D eigenvalue weighted by molar-refractivity contribution is -0.0226. The summed E-state index contributed by atoms with van der Waals surface area (Å²) in [6.07, 6.45) is 6.42. The van der Waals surface area contributed by atoms with Crippen LogP contribution in [0, 0.1) is 6.61 Å². The Kier molecular flexibility index (Phi) is 13.2. The fraction of sp³-hybridized carbons (Fsp3) is 0.929. The van der Waals surface area contributed by atoms with E-state index in [2.05, 4.69) is 6.92 Å². The van der Waals surface area contributed by atoms with Gasteiger partial charge in [0, 0.05) is 6.61 Å². The molecule has 0 aromatic carbocycles. The van der Waals surface area contributed by atoms with Gasteiger partial charge in [-0.25, -0.2) is 0 Å². The molecule has 0 aromatic rings. The molecule has 2 atom stereocenters. The van der Waals surface area contributed by atoms with Gasteiger partial charge in [-0.3, -0.25) is 0 Å². The maximum Gasteiger partial charge on any atom is 0.115 e. The summed E-state index contributed by atoms with van der Waals surface area (Å²) < 4.78 is 10.6. The van der Waals surface area contributed by atoms with Crippen molar-refractivity contribution in [1.29, 1.82) is 0 Å². The van der Waals surface area contributed by atoms with Gasteiger partial charge in [0.25, 0.3) is 0 Å². The Balaban J connectivity index is 3.33. The first-order chi connectivity index (χ1) is 8.70. The maximum absolute atomic E-state index is 9.07. The van der Waals surface area contributed by atoms with E-state index >= 15 is 0 Å². The van der Waals surface area contributed by atoms with Crippen molar-refractivity contribution in [2.45, 2.75) is 64.6 Å². The van der Waals surface area contributed by atoms with Crippen LogP contribution >= 0.6 is 0 Å². The van der Waals surface area contributed by atoms with Crippen LogP contribution in [0.15, 0.2) is 0 Å². The summed E-state index contributed by atoms with van der Waals surface area (Å²) in [7, 11) is 0. The Bertz CT molecular complexity index is 162. The molecule has 0 aliphatic rings. The Morgan fingerprint density at radius 2 is 1.78 bits per heavy atom. The summed E-state index contributed by atoms with van der Waals surface area (Å²) in [4.78, 5) is 0. The third kappa shape index (κ3) is 12.3. The second-order valence-electron chi connectivity index (χ2n) is 4.68. The van der Waals surface area contributed by atoms with Crippen LogP contribution in [0.5, 0.6) is 0 Å². The van der Waals surface area contributed by atoms with E-state index in [1.165, 1.54) is 38.7 Å². The largest absolute Gasteiger partial charge is 0.394 e. The zero-order chi connectivity index (χ0) is 13.6. The fourth-order valence-electron chi connectivity index (χ4n) is 1.55. The number of hydrogen-bond donors (Lipinski definition) is 2. The summed E-state index contributed by atoms with van der Waals surface area (Å²) in [5.41, 5.74) is 0. The van der Waals surface area contributed by atoms with E-state index in [1.54, 1.807) is 6.92 Å². The highest BCUT2D eigenvalue weighted by molar-refractivity contribution is 4.67. The molecule has 0 heterocycles. The topological polar surface area (TPSA) is 58.9 Å². The normalized spacial score (nSPS) is 14.7. The molecule has 1 radical (unpaired) electrons. The molecule has 4 heteroatoms. The zero-order valence-electron chi connectivity index (χ0n) is 11.8. The predicted octanol–water partition coefficient (Wildman–Crippen LogP) is 2.28. The van der Waals surface area contributed by atoms with Crippen molar-refractivity contribution in [3.05, 3.63) is 6.61 Å². The standard InChI is InChI=1S/C14H29O4/c1-3-4-5-6-7-8-9-18-14(10-15)12-17-11-13(2)16/h12-16H,3-11H2,1-2H3. The molecule has 0 aliphatic carbocycles. The lowest BCUT2D eigenvalue weighted by Gasteiger charge is -2.15. The third-order valence-electron chi connectivity index (χ3n) is 2.60. The predicted molar refractivity (Wildman–Crippen MR) is 72.1 cm³/mol. The number of hydrogen-bond acceptors (Lipinski definition) is 4. The monoisotopic (exact) mass is 261 g/mol. The first-order valence-electron chi connectivity index (χ1n) is 7.06. The molecule has 0 fully saturated rings. The van der Waals surface area contributed by atoms with Gasteiger partial charge in [0.1, 0.15) is 12.7 Å². The van der Waals surface area contributed by atoms with Crippen LogP contribution in [0.3, 0.4) is 0 Å². The average molecular weight is 261 g/mol. The molecule has 0 amide bonds. The molecule has 0 spiro atoms. The van der Waals surface area contributed by atoms with E-state index in [0.29, 0.717) is 6.61 Å².